The third-order valence-electron chi connectivity index (χ3n) is 3.01. The van der Waals surface area contributed by atoms with Crippen LogP contribution in [0.25, 0.3) is 0 Å². The number of hydrogen-bond acceptors (Lipinski definition) is 3. The minimum Gasteiger partial charge on any atom is -0.496 e. The highest BCUT2D eigenvalue weighted by atomic mass is 79.9. The van der Waals surface area contributed by atoms with Crippen molar-refractivity contribution in [2.24, 2.45) is 0 Å². The molecule has 1 heterocycles. The van der Waals surface area contributed by atoms with E-state index in [2.05, 4.69) is 26.6 Å². The second-order valence-corrected chi connectivity index (χ2v) is 5.27. The maximum Gasteiger partial charge on any atom is 0.255 e. The molecule has 6 heteroatoms. The number of carbonyl (C=O) groups excluding carboxylic acids is 2. The van der Waals surface area contributed by atoms with Gasteiger partial charge in [0.2, 0.25) is 5.91 Å². The van der Waals surface area contributed by atoms with Gasteiger partial charge in [0, 0.05) is 23.5 Å². The van der Waals surface area contributed by atoms with Gasteiger partial charge in [0.15, 0.2) is 0 Å². The maximum atomic E-state index is 12.2. The molecular formula is C13H15BrN2O3. The zero-order valence-corrected chi connectivity index (χ0v) is 12.1. The van der Waals surface area contributed by atoms with Crippen molar-refractivity contribution in [3.8, 4) is 5.75 Å². The molecule has 1 aromatic rings. The number of ether oxygens (including phenoxy) is 1. The van der Waals surface area contributed by atoms with Gasteiger partial charge >= 0.3 is 0 Å². The van der Waals surface area contributed by atoms with E-state index in [4.69, 9.17) is 4.74 Å². The van der Waals surface area contributed by atoms with Crippen molar-refractivity contribution in [3.05, 3.63) is 28.2 Å². The monoisotopic (exact) mass is 326 g/mol. The van der Waals surface area contributed by atoms with Crippen molar-refractivity contribution >= 4 is 27.7 Å². The van der Waals surface area contributed by atoms with Gasteiger partial charge in [-0.2, -0.15) is 0 Å². The van der Waals surface area contributed by atoms with Crippen molar-refractivity contribution in [2.45, 2.75) is 18.9 Å². The van der Waals surface area contributed by atoms with Gasteiger partial charge in [-0.15, -0.1) is 0 Å². The van der Waals surface area contributed by atoms with E-state index in [1.54, 1.807) is 18.2 Å². The quantitative estimate of drug-likeness (QED) is 0.883. The Balaban J connectivity index is 2.05. The molecule has 2 rings (SSSR count). The van der Waals surface area contributed by atoms with Crippen molar-refractivity contribution in [3.63, 3.8) is 0 Å². The summed E-state index contributed by atoms with van der Waals surface area (Å²) in [5.74, 6) is 0.365. The number of amides is 2. The number of nitrogens with one attached hydrogen (secondary N) is 2. The minimum absolute atomic E-state index is 0.0291. The van der Waals surface area contributed by atoms with Gasteiger partial charge in [-0.3, -0.25) is 9.59 Å². The molecule has 1 fully saturated rings. The Morgan fingerprint density at radius 2 is 2.32 bits per heavy atom. The van der Waals surface area contributed by atoms with Crippen LogP contribution in [0.2, 0.25) is 0 Å². The van der Waals surface area contributed by atoms with Crippen LogP contribution in [0.3, 0.4) is 0 Å². The normalized spacial score (nSPS) is 18.6. The molecule has 5 nitrogen and oxygen atoms in total. The highest BCUT2D eigenvalue weighted by Gasteiger charge is 2.21. The first kappa shape index (κ1) is 13.9. The lowest BCUT2D eigenvalue weighted by Crippen LogP contribution is -2.47. The molecule has 1 aromatic carbocycles. The van der Waals surface area contributed by atoms with E-state index < -0.39 is 0 Å². The summed E-state index contributed by atoms with van der Waals surface area (Å²) in [4.78, 5) is 23.2. The molecule has 0 spiro atoms. The molecule has 19 heavy (non-hydrogen) atoms. The van der Waals surface area contributed by atoms with E-state index in [1.165, 1.54) is 7.11 Å². The topological polar surface area (TPSA) is 67.4 Å². The van der Waals surface area contributed by atoms with Crippen LogP contribution >= 0.6 is 15.9 Å². The molecule has 0 radical (unpaired) electrons. The SMILES string of the molecule is COc1cc(Br)ccc1C(=O)NC1CCC(=O)NC1. The second kappa shape index (κ2) is 6.06. The van der Waals surface area contributed by atoms with Crippen molar-refractivity contribution in [1.29, 1.82) is 0 Å². The Bertz CT molecular complexity index is 495. The molecule has 102 valence electrons. The predicted molar refractivity (Wildman–Crippen MR) is 74.2 cm³/mol. The molecule has 2 amide bonds. The average Bonchev–Trinajstić information content (AvgIpc) is 2.41. The largest absolute Gasteiger partial charge is 0.496 e. The second-order valence-electron chi connectivity index (χ2n) is 4.36. The Morgan fingerprint density at radius 3 is 2.95 bits per heavy atom. The third-order valence-corrected chi connectivity index (χ3v) is 3.50. The number of carbonyl (C=O) groups is 2. The van der Waals surface area contributed by atoms with Crippen LogP contribution in [-0.4, -0.2) is 31.5 Å². The van der Waals surface area contributed by atoms with Gasteiger partial charge in [-0.1, -0.05) is 15.9 Å². The lowest BCUT2D eigenvalue weighted by molar-refractivity contribution is -0.122. The molecule has 1 aliphatic rings. The standard InChI is InChI=1S/C13H15BrN2O3/c1-19-11-6-8(14)2-4-10(11)13(18)16-9-3-5-12(17)15-7-9/h2,4,6,9H,3,5,7H2,1H3,(H,15,17)(H,16,18). The predicted octanol–water partition coefficient (Wildman–Crippen LogP) is 1.47. The molecule has 0 aromatic heterocycles. The fourth-order valence-electron chi connectivity index (χ4n) is 1.97. The molecule has 1 aliphatic heterocycles. The zero-order valence-electron chi connectivity index (χ0n) is 10.5. The summed E-state index contributed by atoms with van der Waals surface area (Å²) in [5.41, 5.74) is 0.489. The van der Waals surface area contributed by atoms with Gasteiger partial charge in [0.25, 0.3) is 5.91 Å². The van der Waals surface area contributed by atoms with E-state index in [0.29, 0.717) is 30.7 Å². The van der Waals surface area contributed by atoms with Crippen LogP contribution in [0.5, 0.6) is 5.75 Å². The molecule has 1 atom stereocenters. The number of hydrogen-bond donors (Lipinski definition) is 2. The molecule has 0 bridgehead atoms. The summed E-state index contributed by atoms with van der Waals surface area (Å²) in [6.07, 6.45) is 1.11. The summed E-state index contributed by atoms with van der Waals surface area (Å²) in [6.45, 7) is 0.476. The number of rotatable bonds is 3. The number of halogens is 1. The number of benzene rings is 1. The van der Waals surface area contributed by atoms with E-state index >= 15 is 0 Å². The third kappa shape index (κ3) is 3.47. The minimum atomic E-state index is -0.189. The Morgan fingerprint density at radius 1 is 1.53 bits per heavy atom. The summed E-state index contributed by atoms with van der Waals surface area (Å²) in [6, 6.07) is 5.22. The van der Waals surface area contributed by atoms with Gasteiger partial charge < -0.3 is 15.4 Å². The van der Waals surface area contributed by atoms with Gasteiger partial charge in [-0.05, 0) is 24.6 Å². The lowest BCUT2D eigenvalue weighted by Gasteiger charge is -2.23. The van der Waals surface area contributed by atoms with E-state index in [1.807, 2.05) is 0 Å². The van der Waals surface area contributed by atoms with Crippen molar-refractivity contribution in [2.75, 3.05) is 13.7 Å². The van der Waals surface area contributed by atoms with Crippen LogP contribution in [0, 0.1) is 0 Å². The van der Waals surface area contributed by atoms with Gasteiger partial charge in [-0.25, -0.2) is 0 Å². The van der Waals surface area contributed by atoms with E-state index in [0.717, 1.165) is 4.47 Å². The molecule has 1 unspecified atom stereocenters. The van der Waals surface area contributed by atoms with E-state index in [-0.39, 0.29) is 17.9 Å². The Labute approximate surface area is 119 Å². The van der Waals surface area contributed by atoms with Crippen LogP contribution in [-0.2, 0) is 4.79 Å². The molecule has 0 saturated carbocycles. The van der Waals surface area contributed by atoms with Gasteiger partial charge in [0.05, 0.1) is 12.7 Å². The molecule has 1 saturated heterocycles. The molecule has 2 N–H and O–H groups in total. The fraction of sp³-hybridized carbons (Fsp3) is 0.385. The molecular weight excluding hydrogens is 312 g/mol. The molecule has 0 aliphatic carbocycles. The first-order valence-corrected chi connectivity index (χ1v) is 6.80. The Hall–Kier alpha value is -1.56. The smallest absolute Gasteiger partial charge is 0.255 e. The van der Waals surface area contributed by atoms with E-state index in [9.17, 15) is 9.59 Å². The van der Waals surface area contributed by atoms with Crippen molar-refractivity contribution in [1.82, 2.24) is 10.6 Å². The highest BCUT2D eigenvalue weighted by molar-refractivity contribution is 9.10. The number of methoxy groups -OCH3 is 1. The highest BCUT2D eigenvalue weighted by Crippen LogP contribution is 2.23. The fourth-order valence-corrected chi connectivity index (χ4v) is 2.31. The van der Waals surface area contributed by atoms with Crippen molar-refractivity contribution < 1.29 is 14.3 Å². The first-order chi connectivity index (χ1) is 9.10. The Kier molecular flexibility index (Phi) is 4.42. The first-order valence-electron chi connectivity index (χ1n) is 6.01. The van der Waals surface area contributed by atoms with Crippen LogP contribution in [0.4, 0.5) is 0 Å². The summed E-state index contributed by atoms with van der Waals surface area (Å²) in [5, 5.41) is 5.64. The summed E-state index contributed by atoms with van der Waals surface area (Å²) >= 11 is 3.33. The lowest BCUT2D eigenvalue weighted by atomic mass is 10.1. The average molecular weight is 327 g/mol. The zero-order chi connectivity index (χ0) is 13.8. The van der Waals surface area contributed by atoms with Crippen LogP contribution in [0.15, 0.2) is 22.7 Å². The van der Waals surface area contributed by atoms with Crippen LogP contribution < -0.4 is 15.4 Å². The van der Waals surface area contributed by atoms with Crippen LogP contribution in [0.1, 0.15) is 23.2 Å². The van der Waals surface area contributed by atoms with Gasteiger partial charge in [0.1, 0.15) is 5.75 Å². The number of piperidine rings is 1. The summed E-state index contributed by atoms with van der Waals surface area (Å²) in [7, 11) is 1.53. The maximum absolute atomic E-state index is 12.2. The summed E-state index contributed by atoms with van der Waals surface area (Å²) < 4.78 is 6.05.